The number of esters is 1. The average Bonchev–Trinajstić information content (AvgIpc) is 2.84. The molecule has 0 saturated carbocycles. The molecule has 6 nitrogen and oxygen atoms in total. The Kier molecular flexibility index (Phi) is 7.83. The maximum atomic E-state index is 11.5. The van der Waals surface area contributed by atoms with Crippen molar-refractivity contribution in [2.75, 3.05) is 14.2 Å². The highest BCUT2D eigenvalue weighted by Gasteiger charge is 2.14. The Hall–Kier alpha value is -3.67. The van der Waals surface area contributed by atoms with Gasteiger partial charge in [0.05, 0.1) is 14.2 Å². The van der Waals surface area contributed by atoms with E-state index in [1.54, 1.807) is 20.3 Å². The second-order valence-corrected chi connectivity index (χ2v) is 7.24. The van der Waals surface area contributed by atoms with E-state index >= 15 is 0 Å². The first-order chi connectivity index (χ1) is 16.0. The molecule has 6 heteroatoms. The normalized spacial score (nSPS) is 10.5. The van der Waals surface area contributed by atoms with E-state index in [1.165, 1.54) is 6.92 Å². The molecule has 0 unspecified atom stereocenters. The zero-order valence-corrected chi connectivity index (χ0v) is 20.1. The fourth-order valence-electron chi connectivity index (χ4n) is 3.79. The Bertz CT molecular complexity index is 1280. The Balaban J connectivity index is 0.00000149. The summed E-state index contributed by atoms with van der Waals surface area (Å²) in [4.78, 5) is 20.9. The summed E-state index contributed by atoms with van der Waals surface area (Å²) in [7, 11) is 3.26. The zero-order chi connectivity index (χ0) is 24.0. The van der Waals surface area contributed by atoms with Gasteiger partial charge in [0.1, 0.15) is 5.52 Å². The van der Waals surface area contributed by atoms with Gasteiger partial charge in [-0.15, -0.1) is 0 Å². The van der Waals surface area contributed by atoms with Gasteiger partial charge in [-0.1, -0.05) is 39.0 Å². The largest absolute Gasteiger partial charge is 0.493 e. The lowest BCUT2D eigenvalue weighted by atomic mass is 9.99. The molecule has 0 saturated heterocycles. The van der Waals surface area contributed by atoms with Crippen LogP contribution >= 0.6 is 0 Å². The predicted octanol–water partition coefficient (Wildman–Crippen LogP) is 5.90. The van der Waals surface area contributed by atoms with E-state index in [2.05, 4.69) is 11.9 Å². The number of aryl methyl sites for hydroxylation is 1. The van der Waals surface area contributed by atoms with E-state index < -0.39 is 0 Å². The molecule has 0 amide bonds. The molecule has 0 fully saturated rings. The summed E-state index contributed by atoms with van der Waals surface area (Å²) >= 11 is 0. The lowest BCUT2D eigenvalue weighted by molar-refractivity contribution is -0.131. The summed E-state index contributed by atoms with van der Waals surface area (Å²) in [5.41, 5.74) is 3.56. The van der Waals surface area contributed by atoms with Crippen LogP contribution in [-0.4, -0.2) is 30.2 Å². The number of fused-ring (bicyclic) bond motifs is 2. The summed E-state index contributed by atoms with van der Waals surface area (Å²) in [5.74, 6) is 1.44. The van der Waals surface area contributed by atoms with Crippen LogP contribution in [0, 0.1) is 0 Å². The van der Waals surface area contributed by atoms with Gasteiger partial charge in [0.15, 0.2) is 17.2 Å². The maximum Gasteiger partial charge on any atom is 0.308 e. The summed E-state index contributed by atoms with van der Waals surface area (Å²) in [6.45, 7) is 7.47. The van der Waals surface area contributed by atoms with E-state index in [9.17, 15) is 4.79 Å². The van der Waals surface area contributed by atoms with E-state index in [1.807, 2.05) is 56.4 Å². The number of para-hydroxylation sites is 1. The predicted molar refractivity (Wildman–Crippen MR) is 131 cm³/mol. The first kappa shape index (κ1) is 24.0. The minimum Gasteiger partial charge on any atom is -0.493 e. The summed E-state index contributed by atoms with van der Waals surface area (Å²) in [5, 5.41) is 3.01. The molecule has 0 spiro atoms. The van der Waals surface area contributed by atoms with Crippen molar-refractivity contribution in [3.8, 4) is 17.2 Å². The number of pyridine rings is 2. The third-order valence-corrected chi connectivity index (χ3v) is 5.26. The number of carbonyl (C=O) groups excluding carboxylic acids is 1. The molecule has 172 valence electrons. The smallest absolute Gasteiger partial charge is 0.308 e. The van der Waals surface area contributed by atoms with Crippen LogP contribution < -0.4 is 14.2 Å². The van der Waals surface area contributed by atoms with E-state index in [0.29, 0.717) is 29.2 Å². The molecular formula is C27H30N2O4. The topological polar surface area (TPSA) is 70.5 Å². The van der Waals surface area contributed by atoms with Crippen molar-refractivity contribution in [2.24, 2.45) is 0 Å². The van der Waals surface area contributed by atoms with Crippen molar-refractivity contribution in [1.82, 2.24) is 9.97 Å². The van der Waals surface area contributed by atoms with Crippen LogP contribution in [0.3, 0.4) is 0 Å². The molecule has 0 aliphatic carbocycles. The molecule has 4 rings (SSSR count). The minimum absolute atomic E-state index is 0.369. The Labute approximate surface area is 194 Å². The van der Waals surface area contributed by atoms with Gasteiger partial charge in [-0.2, -0.15) is 0 Å². The van der Waals surface area contributed by atoms with Crippen molar-refractivity contribution in [2.45, 2.75) is 40.5 Å². The molecule has 33 heavy (non-hydrogen) atoms. The lowest BCUT2D eigenvalue weighted by Crippen LogP contribution is -2.03. The van der Waals surface area contributed by atoms with Gasteiger partial charge in [-0.25, -0.2) is 4.98 Å². The number of rotatable bonds is 6. The Morgan fingerprint density at radius 1 is 0.939 bits per heavy atom. The van der Waals surface area contributed by atoms with E-state index in [4.69, 9.17) is 19.2 Å². The summed E-state index contributed by atoms with van der Waals surface area (Å²) in [6, 6.07) is 13.5. The summed E-state index contributed by atoms with van der Waals surface area (Å²) in [6.07, 6.45) is 3.29. The van der Waals surface area contributed by atoms with Gasteiger partial charge in [0.25, 0.3) is 0 Å². The maximum absolute atomic E-state index is 11.5. The number of aromatic nitrogens is 2. The molecule has 0 N–H and O–H groups in total. The molecule has 0 bridgehead atoms. The second kappa shape index (κ2) is 10.8. The van der Waals surface area contributed by atoms with Gasteiger partial charge in [0.2, 0.25) is 0 Å². The van der Waals surface area contributed by atoms with Crippen molar-refractivity contribution in [1.29, 1.82) is 0 Å². The van der Waals surface area contributed by atoms with Crippen molar-refractivity contribution >= 4 is 27.6 Å². The standard InChI is InChI=1S/C25H24N2O4.C2H6/c1-5-21-20-13-24(30-4)23(29-3)12-19(20)17(14-26-21)11-18-10-9-16-7-6-8-22(25(16)27-18)31-15(2)28;1-2/h6-10,12-14H,5,11H2,1-4H3;1-2H3. The first-order valence-corrected chi connectivity index (χ1v) is 11.1. The highest BCUT2D eigenvalue weighted by atomic mass is 16.5. The Morgan fingerprint density at radius 2 is 1.64 bits per heavy atom. The first-order valence-electron chi connectivity index (χ1n) is 11.1. The SMILES string of the molecule is CC.CCc1ncc(Cc2ccc3cccc(OC(C)=O)c3n2)c2cc(OC)c(OC)cc12. The number of methoxy groups -OCH3 is 2. The molecule has 0 radical (unpaired) electrons. The molecule has 2 aromatic heterocycles. The number of nitrogens with zero attached hydrogens (tertiary/aromatic N) is 2. The Morgan fingerprint density at radius 3 is 2.27 bits per heavy atom. The van der Waals surface area contributed by atoms with Crippen LogP contribution in [-0.2, 0) is 17.6 Å². The van der Waals surface area contributed by atoms with Crippen LogP contribution in [0.15, 0.2) is 48.7 Å². The van der Waals surface area contributed by atoms with Crippen molar-refractivity contribution in [3.63, 3.8) is 0 Å². The molecule has 0 aliphatic rings. The average molecular weight is 447 g/mol. The number of hydrogen-bond acceptors (Lipinski definition) is 6. The monoisotopic (exact) mass is 446 g/mol. The number of hydrogen-bond donors (Lipinski definition) is 0. The second-order valence-electron chi connectivity index (χ2n) is 7.24. The molecule has 2 heterocycles. The third-order valence-electron chi connectivity index (χ3n) is 5.26. The van der Waals surface area contributed by atoms with Gasteiger partial charge in [-0.05, 0) is 41.6 Å². The summed E-state index contributed by atoms with van der Waals surface area (Å²) < 4.78 is 16.4. The molecule has 0 atom stereocenters. The van der Waals surface area contributed by atoms with E-state index in [0.717, 1.165) is 39.5 Å². The molecule has 0 aliphatic heterocycles. The molecular weight excluding hydrogens is 416 g/mol. The quantitative estimate of drug-likeness (QED) is 0.271. The number of carbonyl (C=O) groups is 1. The van der Waals surface area contributed by atoms with Crippen LogP contribution in [0.1, 0.15) is 44.6 Å². The van der Waals surface area contributed by atoms with Crippen molar-refractivity contribution in [3.05, 3.63) is 65.6 Å². The van der Waals surface area contributed by atoms with E-state index in [-0.39, 0.29) is 5.97 Å². The van der Waals surface area contributed by atoms with Crippen LogP contribution in [0.2, 0.25) is 0 Å². The highest BCUT2D eigenvalue weighted by molar-refractivity contribution is 5.91. The van der Waals surface area contributed by atoms with Gasteiger partial charge in [0, 0.05) is 41.7 Å². The fraction of sp³-hybridized carbons (Fsp3) is 0.296. The minimum atomic E-state index is -0.369. The highest BCUT2D eigenvalue weighted by Crippen LogP contribution is 2.35. The van der Waals surface area contributed by atoms with Gasteiger partial charge >= 0.3 is 5.97 Å². The van der Waals surface area contributed by atoms with Crippen LogP contribution in [0.25, 0.3) is 21.7 Å². The fourth-order valence-corrected chi connectivity index (χ4v) is 3.79. The van der Waals surface area contributed by atoms with Gasteiger partial charge in [-0.3, -0.25) is 9.78 Å². The van der Waals surface area contributed by atoms with Crippen molar-refractivity contribution < 1.29 is 19.0 Å². The van der Waals surface area contributed by atoms with Crippen LogP contribution in [0.4, 0.5) is 0 Å². The number of ether oxygens (including phenoxy) is 3. The lowest BCUT2D eigenvalue weighted by Gasteiger charge is -2.14. The molecule has 2 aromatic carbocycles. The van der Waals surface area contributed by atoms with Gasteiger partial charge < -0.3 is 14.2 Å². The number of benzene rings is 2. The van der Waals surface area contributed by atoms with Crippen LogP contribution in [0.5, 0.6) is 17.2 Å². The molecule has 4 aromatic rings. The third kappa shape index (κ3) is 5.06. The zero-order valence-electron chi connectivity index (χ0n) is 20.1.